The van der Waals surface area contributed by atoms with Gasteiger partial charge in [0, 0.05) is 18.4 Å². The molecule has 1 aromatic carbocycles. The zero-order valence-electron chi connectivity index (χ0n) is 11.7. The first-order valence-electron chi connectivity index (χ1n) is 7.30. The summed E-state index contributed by atoms with van der Waals surface area (Å²) in [6.45, 7) is 0.903. The SMILES string of the molecule is CNCCCC(=O)NC1CCCC1c1ccccc1. The predicted octanol–water partition coefficient (Wildman–Crippen LogP) is 2.44. The van der Waals surface area contributed by atoms with E-state index in [1.165, 1.54) is 18.4 Å². The van der Waals surface area contributed by atoms with Crippen LogP contribution in [0.4, 0.5) is 0 Å². The quantitative estimate of drug-likeness (QED) is 0.771. The van der Waals surface area contributed by atoms with Crippen molar-refractivity contribution in [1.82, 2.24) is 10.6 Å². The van der Waals surface area contributed by atoms with Gasteiger partial charge in [0.25, 0.3) is 0 Å². The lowest BCUT2D eigenvalue weighted by Gasteiger charge is -2.21. The summed E-state index contributed by atoms with van der Waals surface area (Å²) in [5.74, 6) is 0.692. The smallest absolute Gasteiger partial charge is 0.220 e. The van der Waals surface area contributed by atoms with Gasteiger partial charge >= 0.3 is 0 Å². The lowest BCUT2D eigenvalue weighted by molar-refractivity contribution is -0.121. The summed E-state index contributed by atoms with van der Waals surface area (Å²) in [6, 6.07) is 10.9. The standard InChI is InChI=1S/C16H24N2O/c1-17-12-6-11-16(19)18-15-10-5-9-14(15)13-7-3-2-4-8-13/h2-4,7-8,14-15,17H,5-6,9-12H2,1H3,(H,18,19). The summed E-state index contributed by atoms with van der Waals surface area (Å²) in [5, 5.41) is 6.29. The van der Waals surface area contributed by atoms with E-state index in [0.29, 0.717) is 18.4 Å². The molecule has 2 atom stereocenters. The maximum absolute atomic E-state index is 11.9. The summed E-state index contributed by atoms with van der Waals surface area (Å²) in [6.07, 6.45) is 5.04. The van der Waals surface area contributed by atoms with E-state index in [4.69, 9.17) is 0 Å². The normalized spacial score (nSPS) is 22.4. The fourth-order valence-corrected chi connectivity index (χ4v) is 2.94. The molecule has 0 aromatic heterocycles. The van der Waals surface area contributed by atoms with Crippen LogP contribution in [0.15, 0.2) is 30.3 Å². The van der Waals surface area contributed by atoms with Crippen LogP contribution < -0.4 is 10.6 Å². The topological polar surface area (TPSA) is 41.1 Å². The number of amides is 1. The van der Waals surface area contributed by atoms with Gasteiger partial charge in [-0.25, -0.2) is 0 Å². The number of benzene rings is 1. The van der Waals surface area contributed by atoms with Crippen molar-refractivity contribution in [2.45, 2.75) is 44.1 Å². The fraction of sp³-hybridized carbons (Fsp3) is 0.562. The summed E-state index contributed by atoms with van der Waals surface area (Å²) < 4.78 is 0. The van der Waals surface area contributed by atoms with Gasteiger partial charge in [-0.3, -0.25) is 4.79 Å². The van der Waals surface area contributed by atoms with Crippen molar-refractivity contribution >= 4 is 5.91 Å². The molecule has 3 nitrogen and oxygen atoms in total. The zero-order valence-corrected chi connectivity index (χ0v) is 11.7. The molecule has 3 heteroatoms. The highest BCUT2D eigenvalue weighted by atomic mass is 16.1. The van der Waals surface area contributed by atoms with E-state index in [9.17, 15) is 4.79 Å². The maximum atomic E-state index is 11.9. The highest BCUT2D eigenvalue weighted by Crippen LogP contribution is 2.34. The van der Waals surface area contributed by atoms with Crippen molar-refractivity contribution in [3.05, 3.63) is 35.9 Å². The minimum atomic E-state index is 0.197. The van der Waals surface area contributed by atoms with E-state index < -0.39 is 0 Å². The van der Waals surface area contributed by atoms with Crippen LogP contribution in [0.2, 0.25) is 0 Å². The van der Waals surface area contributed by atoms with Gasteiger partial charge in [0.05, 0.1) is 0 Å². The molecular formula is C16H24N2O. The molecule has 0 aliphatic heterocycles. The van der Waals surface area contributed by atoms with Crippen molar-refractivity contribution in [3.8, 4) is 0 Å². The van der Waals surface area contributed by atoms with Crippen molar-refractivity contribution < 1.29 is 4.79 Å². The molecule has 0 spiro atoms. The first-order chi connectivity index (χ1) is 9.31. The summed E-state index contributed by atoms with van der Waals surface area (Å²) in [5.41, 5.74) is 1.36. The van der Waals surface area contributed by atoms with Crippen LogP contribution in [-0.4, -0.2) is 25.5 Å². The monoisotopic (exact) mass is 260 g/mol. The molecule has 2 rings (SSSR count). The molecule has 1 aliphatic carbocycles. The predicted molar refractivity (Wildman–Crippen MR) is 78.1 cm³/mol. The van der Waals surface area contributed by atoms with Gasteiger partial charge in [0.15, 0.2) is 0 Å². The van der Waals surface area contributed by atoms with Crippen molar-refractivity contribution in [1.29, 1.82) is 0 Å². The molecule has 0 heterocycles. The fourth-order valence-electron chi connectivity index (χ4n) is 2.94. The van der Waals surface area contributed by atoms with Gasteiger partial charge in [-0.15, -0.1) is 0 Å². The van der Waals surface area contributed by atoms with E-state index in [1.54, 1.807) is 0 Å². The lowest BCUT2D eigenvalue weighted by atomic mass is 9.94. The van der Waals surface area contributed by atoms with E-state index >= 15 is 0 Å². The minimum absolute atomic E-state index is 0.197. The molecule has 104 valence electrons. The molecule has 19 heavy (non-hydrogen) atoms. The summed E-state index contributed by atoms with van der Waals surface area (Å²) >= 11 is 0. The van der Waals surface area contributed by atoms with Gasteiger partial charge in [-0.2, -0.15) is 0 Å². The van der Waals surface area contributed by atoms with Crippen LogP contribution in [0, 0.1) is 0 Å². The highest BCUT2D eigenvalue weighted by molar-refractivity contribution is 5.76. The third-order valence-electron chi connectivity index (χ3n) is 3.92. The number of rotatable bonds is 6. The number of carbonyl (C=O) groups is 1. The molecule has 2 N–H and O–H groups in total. The minimum Gasteiger partial charge on any atom is -0.353 e. The Labute approximate surface area is 115 Å². The Hall–Kier alpha value is -1.35. The Balaban J connectivity index is 1.87. The van der Waals surface area contributed by atoms with E-state index in [1.807, 2.05) is 13.1 Å². The average molecular weight is 260 g/mol. The Morgan fingerprint density at radius 3 is 2.79 bits per heavy atom. The number of hydrogen-bond donors (Lipinski definition) is 2. The molecule has 1 aromatic rings. The first kappa shape index (κ1) is 14.1. The Kier molecular flexibility index (Phi) is 5.40. The second kappa shape index (κ2) is 7.29. The number of carbonyl (C=O) groups excluding carboxylic acids is 1. The van der Waals surface area contributed by atoms with Crippen molar-refractivity contribution in [3.63, 3.8) is 0 Å². The number of hydrogen-bond acceptors (Lipinski definition) is 2. The third-order valence-corrected chi connectivity index (χ3v) is 3.92. The van der Waals surface area contributed by atoms with Gasteiger partial charge in [-0.1, -0.05) is 36.8 Å². The van der Waals surface area contributed by atoms with Gasteiger partial charge < -0.3 is 10.6 Å². The van der Waals surface area contributed by atoms with Crippen LogP contribution in [0.5, 0.6) is 0 Å². The molecule has 2 unspecified atom stereocenters. The third kappa shape index (κ3) is 4.06. The molecular weight excluding hydrogens is 236 g/mol. The van der Waals surface area contributed by atoms with Crippen molar-refractivity contribution in [2.24, 2.45) is 0 Å². The second-order valence-corrected chi connectivity index (χ2v) is 5.33. The highest BCUT2D eigenvalue weighted by Gasteiger charge is 2.29. The van der Waals surface area contributed by atoms with E-state index in [0.717, 1.165) is 19.4 Å². The summed E-state index contributed by atoms with van der Waals surface area (Å²) in [7, 11) is 1.92. The Morgan fingerprint density at radius 1 is 1.26 bits per heavy atom. The Morgan fingerprint density at radius 2 is 2.05 bits per heavy atom. The van der Waals surface area contributed by atoms with Crippen LogP contribution >= 0.6 is 0 Å². The number of nitrogens with one attached hydrogen (secondary N) is 2. The van der Waals surface area contributed by atoms with E-state index in [2.05, 4.69) is 34.9 Å². The average Bonchev–Trinajstić information content (AvgIpc) is 2.88. The van der Waals surface area contributed by atoms with Crippen LogP contribution in [-0.2, 0) is 4.79 Å². The molecule has 0 radical (unpaired) electrons. The van der Waals surface area contributed by atoms with Crippen LogP contribution in [0.25, 0.3) is 0 Å². The molecule has 1 saturated carbocycles. The maximum Gasteiger partial charge on any atom is 0.220 e. The molecule has 0 bridgehead atoms. The van der Waals surface area contributed by atoms with Crippen LogP contribution in [0.3, 0.4) is 0 Å². The Bertz CT molecular complexity index is 391. The van der Waals surface area contributed by atoms with Gasteiger partial charge in [0.1, 0.15) is 0 Å². The molecule has 1 amide bonds. The van der Waals surface area contributed by atoms with Crippen LogP contribution in [0.1, 0.15) is 43.6 Å². The van der Waals surface area contributed by atoms with Gasteiger partial charge in [0.2, 0.25) is 5.91 Å². The molecule has 1 aliphatic rings. The van der Waals surface area contributed by atoms with E-state index in [-0.39, 0.29) is 5.91 Å². The molecule has 0 saturated heterocycles. The second-order valence-electron chi connectivity index (χ2n) is 5.33. The zero-order chi connectivity index (χ0) is 13.5. The first-order valence-corrected chi connectivity index (χ1v) is 7.30. The van der Waals surface area contributed by atoms with Gasteiger partial charge in [-0.05, 0) is 38.4 Å². The van der Waals surface area contributed by atoms with Crippen molar-refractivity contribution in [2.75, 3.05) is 13.6 Å². The lowest BCUT2D eigenvalue weighted by Crippen LogP contribution is -2.36. The summed E-state index contributed by atoms with van der Waals surface area (Å²) in [4.78, 5) is 11.9. The largest absolute Gasteiger partial charge is 0.353 e. The molecule has 1 fully saturated rings.